The smallest absolute Gasteiger partial charge is 0.342 e. The lowest BCUT2D eigenvalue weighted by atomic mass is 10.3. The Morgan fingerprint density at radius 1 is 1.24 bits per heavy atom. The lowest BCUT2D eigenvalue weighted by molar-refractivity contribution is 0.458. The number of nitrogens with zero attached hydrogens (tertiary/aromatic N) is 1. The number of H-pyrrole nitrogens is 1. The zero-order valence-corrected chi connectivity index (χ0v) is 12.8. The van der Waals surface area contributed by atoms with Crippen LogP contribution < -0.4 is 11.2 Å². The van der Waals surface area contributed by atoms with E-state index in [9.17, 15) is 23.1 Å². The average Bonchev–Trinajstić information content (AvgIpc) is 2.37. The minimum atomic E-state index is -4.47. The summed E-state index contributed by atoms with van der Waals surface area (Å²) in [5.74, 6) is -0.739. The van der Waals surface area contributed by atoms with Crippen molar-refractivity contribution >= 4 is 33.2 Å². The summed E-state index contributed by atoms with van der Waals surface area (Å²) in [4.78, 5) is 24.2. The van der Waals surface area contributed by atoms with Gasteiger partial charge in [0.1, 0.15) is 4.90 Å². The number of hydrogen-bond donors (Lipinski definition) is 2. The summed E-state index contributed by atoms with van der Waals surface area (Å²) in [6, 6.07) is 2.10. The van der Waals surface area contributed by atoms with Gasteiger partial charge in [-0.05, 0) is 19.1 Å². The standard InChI is InChI=1S/C11H8Cl2N2O5S/c1-5-4-15(11(18)14-10(5)17)21(19,20)8-3-6(12)2-7(13)9(8)16/h2-4,16H,1H3,(H,14,17,18). The molecule has 0 saturated carbocycles. The van der Waals surface area contributed by atoms with Gasteiger partial charge >= 0.3 is 5.69 Å². The molecule has 7 nitrogen and oxygen atoms in total. The van der Waals surface area contributed by atoms with E-state index in [1.54, 1.807) is 0 Å². The lowest BCUT2D eigenvalue weighted by Crippen LogP contribution is -2.34. The Bertz CT molecular complexity index is 946. The lowest BCUT2D eigenvalue weighted by Gasteiger charge is -2.10. The number of benzene rings is 1. The number of nitrogens with one attached hydrogen (secondary N) is 1. The summed E-state index contributed by atoms with van der Waals surface area (Å²) in [6.45, 7) is 1.33. The fourth-order valence-corrected chi connectivity index (χ4v) is 3.58. The summed E-state index contributed by atoms with van der Waals surface area (Å²) >= 11 is 11.4. The number of rotatable bonds is 2. The first-order valence-corrected chi connectivity index (χ1v) is 7.60. The minimum Gasteiger partial charge on any atom is -0.505 e. The molecule has 0 unspecified atom stereocenters. The second-order valence-corrected chi connectivity index (χ2v) is 6.73. The highest BCUT2D eigenvalue weighted by Gasteiger charge is 2.25. The largest absolute Gasteiger partial charge is 0.505 e. The maximum atomic E-state index is 12.4. The van der Waals surface area contributed by atoms with Crippen molar-refractivity contribution in [2.24, 2.45) is 0 Å². The van der Waals surface area contributed by atoms with Crippen molar-refractivity contribution < 1.29 is 13.5 Å². The monoisotopic (exact) mass is 350 g/mol. The van der Waals surface area contributed by atoms with Crippen LogP contribution in [0.3, 0.4) is 0 Å². The second kappa shape index (κ2) is 5.21. The first-order chi connectivity index (χ1) is 9.64. The Hall–Kier alpha value is -1.77. The molecule has 1 heterocycles. The van der Waals surface area contributed by atoms with Gasteiger partial charge in [0, 0.05) is 16.8 Å². The molecule has 0 aliphatic carbocycles. The van der Waals surface area contributed by atoms with Crippen molar-refractivity contribution in [3.63, 3.8) is 0 Å². The molecule has 2 aromatic rings. The molecule has 10 heteroatoms. The summed E-state index contributed by atoms with van der Waals surface area (Å²) in [7, 11) is -4.47. The van der Waals surface area contributed by atoms with Gasteiger partial charge in [0.25, 0.3) is 15.6 Å². The molecule has 0 spiro atoms. The van der Waals surface area contributed by atoms with Crippen LogP contribution in [0.4, 0.5) is 0 Å². The Kier molecular flexibility index (Phi) is 3.87. The maximum Gasteiger partial charge on any atom is 0.342 e. The Morgan fingerprint density at radius 3 is 2.48 bits per heavy atom. The highest BCUT2D eigenvalue weighted by molar-refractivity contribution is 7.90. The van der Waals surface area contributed by atoms with E-state index in [0.29, 0.717) is 3.97 Å². The molecule has 0 bridgehead atoms. The quantitative estimate of drug-likeness (QED) is 0.842. The van der Waals surface area contributed by atoms with Gasteiger partial charge in [0.05, 0.1) is 5.02 Å². The number of halogens is 2. The van der Waals surface area contributed by atoms with Crippen molar-refractivity contribution in [1.29, 1.82) is 0 Å². The van der Waals surface area contributed by atoms with E-state index in [1.165, 1.54) is 6.92 Å². The Labute approximate surface area is 128 Å². The molecule has 0 aliphatic rings. The number of aromatic hydroxyl groups is 1. The highest BCUT2D eigenvalue weighted by atomic mass is 35.5. The predicted molar refractivity (Wildman–Crippen MR) is 76.8 cm³/mol. The van der Waals surface area contributed by atoms with E-state index in [-0.39, 0.29) is 15.6 Å². The van der Waals surface area contributed by atoms with E-state index < -0.39 is 31.9 Å². The van der Waals surface area contributed by atoms with Crippen LogP contribution in [0.25, 0.3) is 0 Å². The van der Waals surface area contributed by atoms with Crippen LogP contribution in [0.5, 0.6) is 5.75 Å². The van der Waals surface area contributed by atoms with Crippen LogP contribution in [0, 0.1) is 6.92 Å². The van der Waals surface area contributed by atoms with Gasteiger partial charge in [-0.3, -0.25) is 9.78 Å². The van der Waals surface area contributed by atoms with Crippen molar-refractivity contribution in [1.82, 2.24) is 8.96 Å². The third-order valence-electron chi connectivity index (χ3n) is 2.62. The van der Waals surface area contributed by atoms with Gasteiger partial charge in [-0.25, -0.2) is 13.2 Å². The predicted octanol–water partition coefficient (Wildman–Crippen LogP) is 1.09. The van der Waals surface area contributed by atoms with Gasteiger partial charge in [-0.2, -0.15) is 3.97 Å². The molecule has 0 atom stereocenters. The number of aromatic nitrogens is 2. The normalized spacial score (nSPS) is 11.6. The molecule has 0 aliphatic heterocycles. The number of phenols is 1. The number of hydrogen-bond acceptors (Lipinski definition) is 5. The second-order valence-electron chi connectivity index (χ2n) is 4.11. The van der Waals surface area contributed by atoms with Gasteiger partial charge in [0.2, 0.25) is 0 Å². The number of aryl methyl sites for hydroxylation is 1. The first-order valence-electron chi connectivity index (χ1n) is 5.41. The Balaban J connectivity index is 2.84. The van der Waals surface area contributed by atoms with Crippen LogP contribution in [0.1, 0.15) is 5.56 Å². The third-order valence-corrected chi connectivity index (χ3v) is 4.78. The molecule has 2 rings (SSSR count). The third kappa shape index (κ3) is 2.69. The van der Waals surface area contributed by atoms with E-state index in [0.717, 1.165) is 18.3 Å². The van der Waals surface area contributed by atoms with Gasteiger partial charge < -0.3 is 5.11 Å². The molecule has 2 N–H and O–H groups in total. The molecule has 0 radical (unpaired) electrons. The van der Waals surface area contributed by atoms with Crippen molar-refractivity contribution in [2.45, 2.75) is 11.8 Å². The first kappa shape index (κ1) is 15.6. The van der Waals surface area contributed by atoms with Crippen molar-refractivity contribution in [3.05, 3.63) is 54.8 Å². The van der Waals surface area contributed by atoms with Crippen LogP contribution in [0.15, 0.2) is 32.8 Å². The summed E-state index contributed by atoms with van der Waals surface area (Å²) in [5.41, 5.74) is -1.87. The number of aromatic amines is 1. The maximum absolute atomic E-state index is 12.4. The Morgan fingerprint density at radius 2 is 1.86 bits per heavy atom. The van der Waals surface area contributed by atoms with E-state index in [4.69, 9.17) is 23.2 Å². The van der Waals surface area contributed by atoms with Crippen LogP contribution in [-0.2, 0) is 10.0 Å². The molecule has 1 aromatic carbocycles. The molecule has 112 valence electrons. The summed E-state index contributed by atoms with van der Waals surface area (Å²) < 4.78 is 25.1. The minimum absolute atomic E-state index is 0.00536. The molecular formula is C11H8Cl2N2O5S. The molecular weight excluding hydrogens is 343 g/mol. The van der Waals surface area contributed by atoms with E-state index in [2.05, 4.69) is 0 Å². The highest BCUT2D eigenvalue weighted by Crippen LogP contribution is 2.34. The van der Waals surface area contributed by atoms with Gasteiger partial charge in [0.15, 0.2) is 5.75 Å². The van der Waals surface area contributed by atoms with Crippen LogP contribution >= 0.6 is 23.2 Å². The summed E-state index contributed by atoms with van der Waals surface area (Å²) in [5, 5.41) is 9.46. The van der Waals surface area contributed by atoms with E-state index in [1.807, 2.05) is 4.98 Å². The van der Waals surface area contributed by atoms with Gasteiger partial charge in [-0.15, -0.1) is 0 Å². The number of phenolic OH excluding ortho intramolecular Hbond substituents is 1. The van der Waals surface area contributed by atoms with Gasteiger partial charge in [-0.1, -0.05) is 23.2 Å². The molecule has 1 aromatic heterocycles. The average molecular weight is 351 g/mol. The molecule has 0 fully saturated rings. The molecule has 21 heavy (non-hydrogen) atoms. The van der Waals surface area contributed by atoms with Crippen molar-refractivity contribution in [3.8, 4) is 5.75 Å². The fraction of sp³-hybridized carbons (Fsp3) is 0.0909. The molecule has 0 saturated heterocycles. The van der Waals surface area contributed by atoms with E-state index >= 15 is 0 Å². The topological polar surface area (TPSA) is 109 Å². The zero-order chi connectivity index (χ0) is 15.9. The van der Waals surface area contributed by atoms with Crippen LogP contribution in [-0.4, -0.2) is 22.5 Å². The van der Waals surface area contributed by atoms with Crippen molar-refractivity contribution in [2.75, 3.05) is 0 Å². The fourth-order valence-electron chi connectivity index (χ4n) is 1.57. The summed E-state index contributed by atoms with van der Waals surface area (Å²) in [6.07, 6.45) is 0.852. The SMILES string of the molecule is Cc1cn(S(=O)(=O)c2cc(Cl)cc(Cl)c2O)c(=O)[nH]c1=O. The van der Waals surface area contributed by atoms with Crippen LogP contribution in [0.2, 0.25) is 10.0 Å². The zero-order valence-electron chi connectivity index (χ0n) is 10.4. The molecule has 0 amide bonds.